The van der Waals surface area contributed by atoms with Gasteiger partial charge in [-0.2, -0.15) is 0 Å². The number of hydrogen-bond acceptors (Lipinski definition) is 2. The second-order valence-electron chi connectivity index (χ2n) is 4.55. The molecule has 0 N–H and O–H groups in total. The van der Waals surface area contributed by atoms with Crippen molar-refractivity contribution < 1.29 is 0 Å². The Hall–Kier alpha value is -2.48. The van der Waals surface area contributed by atoms with Gasteiger partial charge in [0.05, 0.1) is 5.69 Å². The summed E-state index contributed by atoms with van der Waals surface area (Å²) in [5, 5.41) is 0. The van der Waals surface area contributed by atoms with Crippen LogP contribution in [0.1, 0.15) is 5.56 Å². The molecule has 0 aliphatic rings. The predicted octanol–water partition coefficient (Wildman–Crippen LogP) is 4.12. The third-order valence-corrected chi connectivity index (χ3v) is 3.05. The monoisotopic (exact) mass is 246 g/mol. The van der Waals surface area contributed by atoms with Crippen LogP contribution >= 0.6 is 0 Å². The highest BCUT2D eigenvalue weighted by Crippen LogP contribution is 2.24. The molecule has 0 unspecified atom stereocenters. The molecular formula is C17H14N2. The Labute approximate surface area is 112 Å². The van der Waals surface area contributed by atoms with Crippen molar-refractivity contribution in [2.45, 2.75) is 6.92 Å². The average Bonchev–Trinajstić information content (AvgIpc) is 2.48. The van der Waals surface area contributed by atoms with Gasteiger partial charge in [-0.05, 0) is 30.7 Å². The van der Waals surface area contributed by atoms with Crippen LogP contribution in [0.15, 0.2) is 67.1 Å². The first-order chi connectivity index (χ1) is 9.33. The fourth-order valence-electron chi connectivity index (χ4n) is 2.10. The van der Waals surface area contributed by atoms with Gasteiger partial charge >= 0.3 is 0 Å². The smallest absolute Gasteiger partial charge is 0.0717 e. The molecule has 3 aromatic rings. The number of aromatic nitrogens is 2. The van der Waals surface area contributed by atoms with E-state index in [-0.39, 0.29) is 0 Å². The van der Waals surface area contributed by atoms with Crippen molar-refractivity contribution in [3.63, 3.8) is 0 Å². The van der Waals surface area contributed by atoms with Crippen LogP contribution in [0.25, 0.3) is 22.4 Å². The van der Waals surface area contributed by atoms with E-state index in [0.29, 0.717) is 0 Å². The van der Waals surface area contributed by atoms with Crippen LogP contribution in [-0.2, 0) is 0 Å². The second-order valence-corrected chi connectivity index (χ2v) is 4.55. The lowest BCUT2D eigenvalue weighted by molar-refractivity contribution is 1.28. The lowest BCUT2D eigenvalue weighted by atomic mass is 10.0. The number of hydrogen-bond donors (Lipinski definition) is 0. The molecule has 92 valence electrons. The van der Waals surface area contributed by atoms with Crippen LogP contribution in [0.3, 0.4) is 0 Å². The molecular weight excluding hydrogens is 232 g/mol. The summed E-state index contributed by atoms with van der Waals surface area (Å²) in [6, 6.07) is 16.5. The summed E-state index contributed by atoms with van der Waals surface area (Å²) in [6.07, 6.45) is 5.54. The Morgan fingerprint density at radius 3 is 2.47 bits per heavy atom. The summed E-state index contributed by atoms with van der Waals surface area (Å²) in [5.41, 5.74) is 5.54. The summed E-state index contributed by atoms with van der Waals surface area (Å²) >= 11 is 0. The summed E-state index contributed by atoms with van der Waals surface area (Å²) in [5.74, 6) is 0. The van der Waals surface area contributed by atoms with Crippen LogP contribution in [0.4, 0.5) is 0 Å². The minimum atomic E-state index is 0.949. The number of aryl methyl sites for hydroxylation is 1. The standard InChI is InChI=1S/C17H14N2/c1-13-5-4-6-14(9-13)15-10-16(12-18-11-15)17-7-2-3-8-19-17/h2-12H,1H3. The largest absolute Gasteiger partial charge is 0.263 e. The number of rotatable bonds is 2. The van der Waals surface area contributed by atoms with E-state index in [4.69, 9.17) is 0 Å². The molecule has 2 nitrogen and oxygen atoms in total. The van der Waals surface area contributed by atoms with Crippen LogP contribution in [0, 0.1) is 6.92 Å². The van der Waals surface area contributed by atoms with E-state index in [2.05, 4.69) is 47.2 Å². The maximum absolute atomic E-state index is 4.36. The summed E-state index contributed by atoms with van der Waals surface area (Å²) in [7, 11) is 0. The lowest BCUT2D eigenvalue weighted by Gasteiger charge is -2.05. The molecule has 0 saturated carbocycles. The zero-order chi connectivity index (χ0) is 13.1. The molecule has 0 saturated heterocycles. The zero-order valence-corrected chi connectivity index (χ0v) is 10.7. The van der Waals surface area contributed by atoms with Crippen LogP contribution < -0.4 is 0 Å². The van der Waals surface area contributed by atoms with Crippen molar-refractivity contribution in [1.82, 2.24) is 9.97 Å². The summed E-state index contributed by atoms with van der Waals surface area (Å²) in [4.78, 5) is 8.69. The molecule has 0 amide bonds. The SMILES string of the molecule is Cc1cccc(-c2cncc(-c3ccccn3)c2)c1. The summed E-state index contributed by atoms with van der Waals surface area (Å²) in [6.45, 7) is 2.10. The fourth-order valence-corrected chi connectivity index (χ4v) is 2.10. The molecule has 3 rings (SSSR count). The highest BCUT2D eigenvalue weighted by Gasteiger charge is 2.03. The Kier molecular flexibility index (Phi) is 3.07. The molecule has 2 aromatic heterocycles. The van der Waals surface area contributed by atoms with Gasteiger partial charge in [-0.1, -0.05) is 35.9 Å². The van der Waals surface area contributed by atoms with Gasteiger partial charge in [0.1, 0.15) is 0 Å². The Morgan fingerprint density at radius 2 is 1.68 bits per heavy atom. The molecule has 0 bridgehead atoms. The van der Waals surface area contributed by atoms with Crippen LogP contribution in [-0.4, -0.2) is 9.97 Å². The van der Waals surface area contributed by atoms with Gasteiger partial charge in [0, 0.05) is 29.7 Å². The van der Waals surface area contributed by atoms with Crippen molar-refractivity contribution in [2.24, 2.45) is 0 Å². The minimum absolute atomic E-state index is 0.949. The number of nitrogens with zero attached hydrogens (tertiary/aromatic N) is 2. The molecule has 0 radical (unpaired) electrons. The Balaban J connectivity index is 2.06. The average molecular weight is 246 g/mol. The van der Waals surface area contributed by atoms with Gasteiger partial charge in [-0.25, -0.2) is 0 Å². The molecule has 0 spiro atoms. The topological polar surface area (TPSA) is 25.8 Å². The van der Waals surface area contributed by atoms with Crippen molar-refractivity contribution in [2.75, 3.05) is 0 Å². The molecule has 0 atom stereocenters. The quantitative estimate of drug-likeness (QED) is 0.679. The molecule has 1 aromatic carbocycles. The van der Waals surface area contributed by atoms with Crippen molar-refractivity contribution in [3.05, 3.63) is 72.7 Å². The zero-order valence-electron chi connectivity index (χ0n) is 10.7. The highest BCUT2D eigenvalue weighted by atomic mass is 14.7. The van der Waals surface area contributed by atoms with E-state index >= 15 is 0 Å². The van der Waals surface area contributed by atoms with Crippen molar-refractivity contribution in [1.29, 1.82) is 0 Å². The van der Waals surface area contributed by atoms with Gasteiger partial charge in [-0.3, -0.25) is 9.97 Å². The van der Waals surface area contributed by atoms with E-state index in [0.717, 1.165) is 16.8 Å². The number of pyridine rings is 2. The Morgan fingerprint density at radius 1 is 0.789 bits per heavy atom. The van der Waals surface area contributed by atoms with Gasteiger partial charge in [0.15, 0.2) is 0 Å². The van der Waals surface area contributed by atoms with Gasteiger partial charge in [0.2, 0.25) is 0 Å². The summed E-state index contributed by atoms with van der Waals surface area (Å²) < 4.78 is 0. The second kappa shape index (κ2) is 5.02. The van der Waals surface area contributed by atoms with E-state index in [9.17, 15) is 0 Å². The lowest BCUT2D eigenvalue weighted by Crippen LogP contribution is -1.86. The molecule has 0 aliphatic carbocycles. The highest BCUT2D eigenvalue weighted by molar-refractivity contribution is 5.70. The molecule has 0 fully saturated rings. The van der Waals surface area contributed by atoms with Crippen LogP contribution in [0.5, 0.6) is 0 Å². The molecule has 2 heterocycles. The first kappa shape index (κ1) is 11.6. The first-order valence-corrected chi connectivity index (χ1v) is 6.26. The van der Waals surface area contributed by atoms with E-state index < -0.39 is 0 Å². The number of benzene rings is 1. The third-order valence-electron chi connectivity index (χ3n) is 3.05. The van der Waals surface area contributed by atoms with Gasteiger partial charge < -0.3 is 0 Å². The Bertz CT molecular complexity index is 690. The third kappa shape index (κ3) is 2.52. The van der Waals surface area contributed by atoms with Gasteiger partial charge in [-0.15, -0.1) is 0 Å². The van der Waals surface area contributed by atoms with Crippen molar-refractivity contribution in [3.8, 4) is 22.4 Å². The first-order valence-electron chi connectivity index (χ1n) is 6.26. The predicted molar refractivity (Wildman–Crippen MR) is 77.6 cm³/mol. The minimum Gasteiger partial charge on any atom is -0.263 e. The molecule has 19 heavy (non-hydrogen) atoms. The van der Waals surface area contributed by atoms with E-state index in [1.807, 2.05) is 30.6 Å². The molecule has 0 aliphatic heterocycles. The van der Waals surface area contributed by atoms with E-state index in [1.165, 1.54) is 11.1 Å². The molecule has 2 heteroatoms. The van der Waals surface area contributed by atoms with Crippen LogP contribution in [0.2, 0.25) is 0 Å². The fraction of sp³-hybridized carbons (Fsp3) is 0.0588. The van der Waals surface area contributed by atoms with Crippen molar-refractivity contribution >= 4 is 0 Å². The normalized spacial score (nSPS) is 10.4. The maximum atomic E-state index is 4.36. The maximum Gasteiger partial charge on any atom is 0.0717 e. The van der Waals surface area contributed by atoms with E-state index in [1.54, 1.807) is 6.20 Å². The van der Waals surface area contributed by atoms with Gasteiger partial charge in [0.25, 0.3) is 0 Å².